The van der Waals surface area contributed by atoms with Crippen molar-refractivity contribution in [3.63, 3.8) is 0 Å². The molecule has 0 saturated carbocycles. The van der Waals surface area contributed by atoms with E-state index in [1.165, 1.54) is 0 Å². The molecule has 3 aromatic heterocycles. The van der Waals surface area contributed by atoms with E-state index in [2.05, 4.69) is 41.0 Å². The summed E-state index contributed by atoms with van der Waals surface area (Å²) in [6.45, 7) is 13.6. The van der Waals surface area contributed by atoms with Crippen LogP contribution < -0.4 is 5.32 Å². The largest absolute Gasteiger partial charge is 0.361 e. The van der Waals surface area contributed by atoms with Gasteiger partial charge in [-0.3, -0.25) is 9.36 Å². The van der Waals surface area contributed by atoms with Crippen LogP contribution in [0.1, 0.15) is 26.5 Å². The molecule has 0 bridgehead atoms. The molecule has 0 aromatic carbocycles. The van der Waals surface area contributed by atoms with Crippen molar-refractivity contribution in [2.24, 2.45) is 5.41 Å². The molecule has 0 fully saturated rings. The van der Waals surface area contributed by atoms with Crippen molar-refractivity contribution < 1.29 is 9.53 Å². The molecule has 1 amide bonds. The molecule has 3 aromatic rings. The lowest BCUT2D eigenvalue weighted by atomic mass is 9.95. The Kier molecular flexibility index (Phi) is 5.97. The molecular formula is C22H29N5O2Si. The first kappa shape index (κ1) is 21.9. The molecule has 0 unspecified atom stereocenters. The van der Waals surface area contributed by atoms with Gasteiger partial charge in [0.1, 0.15) is 24.1 Å². The monoisotopic (exact) mass is 423 g/mol. The zero-order valence-corrected chi connectivity index (χ0v) is 19.5. The fourth-order valence-electron chi connectivity index (χ4n) is 2.98. The highest BCUT2D eigenvalue weighted by Gasteiger charge is 2.22. The summed E-state index contributed by atoms with van der Waals surface area (Å²) in [6.07, 6.45) is 3.34. The molecule has 7 nitrogen and oxygen atoms in total. The van der Waals surface area contributed by atoms with Crippen molar-refractivity contribution in [1.29, 1.82) is 5.26 Å². The van der Waals surface area contributed by atoms with E-state index in [-0.39, 0.29) is 5.91 Å². The van der Waals surface area contributed by atoms with Crippen LogP contribution in [0.15, 0.2) is 24.5 Å². The van der Waals surface area contributed by atoms with Crippen molar-refractivity contribution in [3.8, 4) is 6.07 Å². The number of fused-ring (bicyclic) bond motifs is 3. The number of nitrogens with zero attached hydrogens (tertiary/aromatic N) is 4. The van der Waals surface area contributed by atoms with Crippen molar-refractivity contribution in [3.05, 3.63) is 30.2 Å². The van der Waals surface area contributed by atoms with Gasteiger partial charge in [-0.1, -0.05) is 40.4 Å². The van der Waals surface area contributed by atoms with E-state index < -0.39 is 13.5 Å². The van der Waals surface area contributed by atoms with Crippen LogP contribution in [-0.4, -0.2) is 35.1 Å². The highest BCUT2D eigenvalue weighted by molar-refractivity contribution is 6.76. The molecule has 0 spiro atoms. The third-order valence-electron chi connectivity index (χ3n) is 4.86. The topological polar surface area (TPSA) is 92.8 Å². The van der Waals surface area contributed by atoms with E-state index in [9.17, 15) is 10.1 Å². The first-order valence-corrected chi connectivity index (χ1v) is 13.8. The molecule has 0 saturated heterocycles. The highest BCUT2D eigenvalue weighted by atomic mass is 28.3. The third-order valence-corrected chi connectivity index (χ3v) is 6.56. The summed E-state index contributed by atoms with van der Waals surface area (Å²) in [6, 6.07) is 6.83. The second kappa shape index (κ2) is 8.17. The minimum absolute atomic E-state index is 0.0820. The fourth-order valence-corrected chi connectivity index (χ4v) is 3.73. The van der Waals surface area contributed by atoms with E-state index in [4.69, 9.17) is 4.74 Å². The maximum absolute atomic E-state index is 12.4. The van der Waals surface area contributed by atoms with Gasteiger partial charge >= 0.3 is 0 Å². The van der Waals surface area contributed by atoms with E-state index >= 15 is 0 Å². The number of rotatable bonds is 6. The smallest absolute Gasteiger partial charge is 0.229 e. The number of hydrogen-bond donors (Lipinski definition) is 1. The number of ether oxygens (including phenoxy) is 1. The molecule has 0 radical (unpaired) electrons. The van der Waals surface area contributed by atoms with Crippen molar-refractivity contribution >= 4 is 41.6 Å². The molecule has 0 aliphatic carbocycles. The Morgan fingerprint density at radius 2 is 1.93 bits per heavy atom. The Morgan fingerprint density at radius 1 is 1.20 bits per heavy atom. The summed E-state index contributed by atoms with van der Waals surface area (Å²) >= 11 is 0. The molecule has 0 atom stereocenters. The predicted molar refractivity (Wildman–Crippen MR) is 122 cm³/mol. The molecule has 3 heterocycles. The third kappa shape index (κ3) is 4.86. The lowest BCUT2D eigenvalue weighted by molar-refractivity contribution is -0.123. The van der Waals surface area contributed by atoms with E-state index in [0.29, 0.717) is 24.7 Å². The summed E-state index contributed by atoms with van der Waals surface area (Å²) in [5.74, 6) is -0.0820. The first-order chi connectivity index (χ1) is 14.0. The number of carbonyl (C=O) groups excluding carboxylic acids is 1. The summed E-state index contributed by atoms with van der Waals surface area (Å²) in [4.78, 5) is 21.2. The molecule has 0 aliphatic heterocycles. The van der Waals surface area contributed by atoms with Gasteiger partial charge in [-0.25, -0.2) is 9.97 Å². The number of anilines is 1. The fraction of sp³-hybridized carbons (Fsp3) is 0.455. The molecule has 1 N–H and O–H groups in total. The molecular weight excluding hydrogens is 394 g/mol. The number of amides is 1. The molecule has 8 heteroatoms. The first-order valence-electron chi connectivity index (χ1n) is 10.1. The van der Waals surface area contributed by atoms with Crippen LogP contribution in [0.25, 0.3) is 21.9 Å². The van der Waals surface area contributed by atoms with Crippen LogP contribution in [0.3, 0.4) is 0 Å². The van der Waals surface area contributed by atoms with Gasteiger partial charge in [0, 0.05) is 30.9 Å². The molecule has 0 aliphatic rings. The van der Waals surface area contributed by atoms with Gasteiger partial charge in [0.2, 0.25) is 5.91 Å². The van der Waals surface area contributed by atoms with Crippen LogP contribution in [0.4, 0.5) is 5.69 Å². The minimum atomic E-state index is -1.18. The van der Waals surface area contributed by atoms with Crippen molar-refractivity contribution in [2.45, 2.75) is 53.2 Å². The van der Waals surface area contributed by atoms with Crippen LogP contribution in [0.5, 0.6) is 0 Å². The molecule has 158 valence electrons. The SMILES string of the molecule is CC(C)(C)C(=O)Nc1cnc2c(c1)c1cc(C#N)ncc1n2COCC[Si](C)(C)C. The van der Waals surface area contributed by atoms with E-state index in [1.807, 2.05) is 31.4 Å². The second-order valence-electron chi connectivity index (χ2n) is 9.77. The van der Waals surface area contributed by atoms with Crippen LogP contribution in [0.2, 0.25) is 25.7 Å². The Bertz CT molecular complexity index is 1130. The van der Waals surface area contributed by atoms with Gasteiger partial charge in [-0.05, 0) is 18.2 Å². The number of hydrogen-bond acceptors (Lipinski definition) is 5. The van der Waals surface area contributed by atoms with Crippen molar-refractivity contribution in [1.82, 2.24) is 14.5 Å². The summed E-state index contributed by atoms with van der Waals surface area (Å²) in [7, 11) is -1.18. The summed E-state index contributed by atoms with van der Waals surface area (Å²) in [5, 5.41) is 13.9. The minimum Gasteiger partial charge on any atom is -0.361 e. The molecule has 30 heavy (non-hydrogen) atoms. The quantitative estimate of drug-likeness (QED) is 0.456. The van der Waals surface area contributed by atoms with Gasteiger partial charge in [0.25, 0.3) is 0 Å². The average Bonchev–Trinajstić information content (AvgIpc) is 2.96. The zero-order chi connectivity index (χ0) is 22.1. The van der Waals surface area contributed by atoms with Crippen LogP contribution >= 0.6 is 0 Å². The number of nitriles is 1. The lowest BCUT2D eigenvalue weighted by Gasteiger charge is -2.17. The summed E-state index contributed by atoms with van der Waals surface area (Å²) < 4.78 is 7.93. The number of carbonyl (C=O) groups is 1. The molecule has 3 rings (SSSR count). The lowest BCUT2D eigenvalue weighted by Crippen LogP contribution is -2.27. The highest BCUT2D eigenvalue weighted by Crippen LogP contribution is 2.30. The summed E-state index contributed by atoms with van der Waals surface area (Å²) in [5.41, 5.74) is 2.04. The predicted octanol–water partition coefficient (Wildman–Crippen LogP) is 4.75. The van der Waals surface area contributed by atoms with Crippen LogP contribution in [0, 0.1) is 16.7 Å². The van der Waals surface area contributed by atoms with Crippen LogP contribution in [-0.2, 0) is 16.3 Å². The van der Waals surface area contributed by atoms with Gasteiger partial charge < -0.3 is 10.1 Å². The Balaban J connectivity index is 2.01. The maximum Gasteiger partial charge on any atom is 0.229 e. The van der Waals surface area contributed by atoms with Gasteiger partial charge in [-0.15, -0.1) is 0 Å². The number of aromatic nitrogens is 3. The number of nitrogens with one attached hydrogen (secondary N) is 1. The average molecular weight is 424 g/mol. The second-order valence-corrected chi connectivity index (χ2v) is 15.4. The maximum atomic E-state index is 12.4. The number of pyridine rings is 2. The Labute approximate surface area is 178 Å². The normalized spacial score (nSPS) is 12.3. The van der Waals surface area contributed by atoms with Gasteiger partial charge in [0.05, 0.1) is 23.6 Å². The van der Waals surface area contributed by atoms with Gasteiger partial charge in [0.15, 0.2) is 0 Å². The standard InChI is InChI=1S/C22H29N5O2Si/c1-22(2,3)21(28)26-16-10-18-17-9-15(11-23)24-13-19(17)27(20(18)25-12-16)14-29-7-8-30(4,5)6/h9-10,12-13H,7-8,14H2,1-6H3,(H,26,28). The zero-order valence-electron chi connectivity index (χ0n) is 18.5. The van der Waals surface area contributed by atoms with Crippen molar-refractivity contribution in [2.75, 3.05) is 11.9 Å². The Hall–Kier alpha value is -2.76. The van der Waals surface area contributed by atoms with Gasteiger partial charge in [-0.2, -0.15) is 5.26 Å². The van der Waals surface area contributed by atoms with E-state index in [1.54, 1.807) is 18.5 Å². The van der Waals surface area contributed by atoms with E-state index in [0.717, 1.165) is 28.0 Å². The Morgan fingerprint density at radius 3 is 2.57 bits per heavy atom.